The van der Waals surface area contributed by atoms with E-state index in [1.54, 1.807) is 30.3 Å². The number of anilines is 2. The maximum atomic E-state index is 13.9. The van der Waals surface area contributed by atoms with Gasteiger partial charge in [-0.1, -0.05) is 30.3 Å². The van der Waals surface area contributed by atoms with Crippen molar-refractivity contribution in [1.29, 1.82) is 0 Å². The SMILES string of the molecule is O=c1cc(N2CC3CCC(C2)O3)nc2n1CC[C@@H](C(F)(F)F)N2CC(O)c1ccccc1. The smallest absolute Gasteiger partial charge is 0.387 e. The van der Waals surface area contributed by atoms with Crippen molar-refractivity contribution >= 4 is 11.8 Å². The van der Waals surface area contributed by atoms with Crippen LogP contribution in [0.25, 0.3) is 0 Å². The molecule has 1 aromatic carbocycles. The maximum absolute atomic E-state index is 13.9. The van der Waals surface area contributed by atoms with E-state index in [-0.39, 0.29) is 43.2 Å². The topological polar surface area (TPSA) is 70.8 Å². The van der Waals surface area contributed by atoms with Gasteiger partial charge in [0, 0.05) is 25.7 Å². The summed E-state index contributed by atoms with van der Waals surface area (Å²) in [4.78, 5) is 20.4. The van der Waals surface area contributed by atoms with Gasteiger partial charge >= 0.3 is 6.18 Å². The van der Waals surface area contributed by atoms with Crippen molar-refractivity contribution < 1.29 is 23.0 Å². The molecule has 2 bridgehead atoms. The van der Waals surface area contributed by atoms with Crippen LogP contribution in [0.3, 0.4) is 0 Å². The van der Waals surface area contributed by atoms with Gasteiger partial charge in [-0.3, -0.25) is 9.36 Å². The highest BCUT2D eigenvalue weighted by molar-refractivity contribution is 5.47. The molecule has 5 rings (SSSR count). The fraction of sp³-hybridized carbons (Fsp3) is 0.545. The molecule has 1 aromatic heterocycles. The Morgan fingerprint density at radius 2 is 1.81 bits per heavy atom. The molecule has 3 unspecified atom stereocenters. The number of ether oxygens (including phenoxy) is 1. The average molecular weight is 450 g/mol. The monoisotopic (exact) mass is 450 g/mol. The molecule has 7 nitrogen and oxygen atoms in total. The van der Waals surface area contributed by atoms with Crippen molar-refractivity contribution in [2.75, 3.05) is 29.4 Å². The lowest BCUT2D eigenvalue weighted by Gasteiger charge is -2.41. The summed E-state index contributed by atoms with van der Waals surface area (Å²) in [7, 11) is 0. The maximum Gasteiger partial charge on any atom is 0.408 e. The van der Waals surface area contributed by atoms with Crippen molar-refractivity contribution in [2.45, 2.75) is 56.3 Å². The molecule has 2 fully saturated rings. The average Bonchev–Trinajstić information content (AvgIpc) is 3.11. The van der Waals surface area contributed by atoms with Gasteiger partial charge in [0.2, 0.25) is 5.95 Å². The van der Waals surface area contributed by atoms with Gasteiger partial charge in [-0.25, -0.2) is 0 Å². The third-order valence-corrected chi connectivity index (χ3v) is 6.53. The molecule has 10 heteroatoms. The van der Waals surface area contributed by atoms with Crippen molar-refractivity contribution in [3.8, 4) is 0 Å². The molecular weight excluding hydrogens is 425 g/mol. The van der Waals surface area contributed by atoms with Gasteiger partial charge in [-0.15, -0.1) is 0 Å². The second-order valence-corrected chi connectivity index (χ2v) is 8.69. The van der Waals surface area contributed by atoms with Crippen LogP contribution in [-0.4, -0.2) is 58.7 Å². The van der Waals surface area contributed by atoms with Crippen LogP contribution in [0.4, 0.5) is 24.9 Å². The number of rotatable bonds is 4. The minimum atomic E-state index is -4.52. The molecule has 0 spiro atoms. The van der Waals surface area contributed by atoms with Crippen LogP contribution in [0, 0.1) is 0 Å². The number of hydrogen-bond acceptors (Lipinski definition) is 6. The van der Waals surface area contributed by atoms with E-state index < -0.39 is 18.3 Å². The van der Waals surface area contributed by atoms with Crippen LogP contribution in [0.1, 0.15) is 30.9 Å². The van der Waals surface area contributed by atoms with Crippen LogP contribution >= 0.6 is 0 Å². The van der Waals surface area contributed by atoms with Crippen LogP contribution in [-0.2, 0) is 11.3 Å². The number of alkyl halides is 3. The molecule has 2 saturated heterocycles. The molecule has 2 aromatic rings. The first-order valence-electron chi connectivity index (χ1n) is 10.9. The number of nitrogens with zero attached hydrogens (tertiary/aromatic N) is 4. The Balaban J connectivity index is 1.52. The van der Waals surface area contributed by atoms with Crippen LogP contribution < -0.4 is 15.4 Å². The van der Waals surface area contributed by atoms with Gasteiger partial charge in [0.1, 0.15) is 11.9 Å². The second kappa shape index (κ2) is 8.08. The van der Waals surface area contributed by atoms with Gasteiger partial charge in [-0.05, 0) is 24.8 Å². The number of β-amino-alcohol motifs (C(OH)–C–C–N with tert-alkyl or cyclic N) is 1. The van der Waals surface area contributed by atoms with Gasteiger partial charge < -0.3 is 19.6 Å². The van der Waals surface area contributed by atoms with E-state index >= 15 is 0 Å². The molecule has 4 heterocycles. The van der Waals surface area contributed by atoms with E-state index in [2.05, 4.69) is 4.98 Å². The first kappa shape index (κ1) is 21.3. The number of halogens is 3. The standard InChI is InChI=1S/C22H25F3N4O3/c23-22(24,25)18-8-9-28-20(31)10-19(27-11-15-6-7-16(12-27)32-15)26-21(28)29(18)13-17(30)14-4-2-1-3-5-14/h1-5,10,15-18,30H,6-9,11-13H2/t15?,16?,17?,18-/m0/s1. The number of aromatic nitrogens is 2. The number of morpholine rings is 1. The lowest BCUT2D eigenvalue weighted by molar-refractivity contribution is -0.153. The summed E-state index contributed by atoms with van der Waals surface area (Å²) in [6.07, 6.45) is -4.00. The zero-order valence-corrected chi connectivity index (χ0v) is 17.4. The second-order valence-electron chi connectivity index (χ2n) is 8.69. The zero-order chi connectivity index (χ0) is 22.5. The van der Waals surface area contributed by atoms with Crippen molar-refractivity contribution in [2.24, 2.45) is 0 Å². The lowest BCUT2D eigenvalue weighted by atomic mass is 10.1. The lowest BCUT2D eigenvalue weighted by Crippen LogP contribution is -2.54. The Labute approximate surface area is 183 Å². The molecule has 4 atom stereocenters. The summed E-state index contributed by atoms with van der Waals surface area (Å²) >= 11 is 0. The Bertz CT molecular complexity index is 1020. The van der Waals surface area contributed by atoms with E-state index in [4.69, 9.17) is 4.74 Å². The van der Waals surface area contributed by atoms with Gasteiger partial charge in [0.25, 0.3) is 5.56 Å². The normalized spacial score (nSPS) is 26.2. The predicted octanol–water partition coefficient (Wildman–Crippen LogP) is 2.49. The molecule has 3 aliphatic rings. The third kappa shape index (κ3) is 3.97. The zero-order valence-electron chi connectivity index (χ0n) is 17.4. The number of fused-ring (bicyclic) bond motifs is 3. The van der Waals surface area contributed by atoms with E-state index in [1.807, 2.05) is 4.90 Å². The third-order valence-electron chi connectivity index (χ3n) is 6.53. The van der Waals surface area contributed by atoms with Crippen LogP contribution in [0.15, 0.2) is 41.2 Å². The summed E-state index contributed by atoms with van der Waals surface area (Å²) in [5, 5.41) is 10.7. The number of aliphatic hydroxyl groups excluding tert-OH is 1. The van der Waals surface area contributed by atoms with E-state index in [9.17, 15) is 23.1 Å². The molecule has 172 valence electrons. The molecule has 32 heavy (non-hydrogen) atoms. The molecule has 3 aliphatic heterocycles. The quantitative estimate of drug-likeness (QED) is 0.772. The predicted molar refractivity (Wildman–Crippen MR) is 112 cm³/mol. The highest BCUT2D eigenvalue weighted by Gasteiger charge is 2.47. The largest absolute Gasteiger partial charge is 0.408 e. The molecule has 0 saturated carbocycles. The molecule has 0 amide bonds. The molecule has 0 radical (unpaired) electrons. The summed E-state index contributed by atoms with van der Waals surface area (Å²) < 4.78 is 48.9. The van der Waals surface area contributed by atoms with Crippen molar-refractivity contribution in [3.05, 3.63) is 52.3 Å². The minimum Gasteiger partial charge on any atom is -0.387 e. The number of hydrogen-bond donors (Lipinski definition) is 1. The molecular formula is C22H25F3N4O3. The number of benzene rings is 1. The van der Waals surface area contributed by atoms with Crippen molar-refractivity contribution in [1.82, 2.24) is 9.55 Å². The summed E-state index contributed by atoms with van der Waals surface area (Å²) in [6, 6.07) is 8.11. The first-order valence-corrected chi connectivity index (χ1v) is 10.9. The molecule has 1 N–H and O–H groups in total. The Hall–Kier alpha value is -2.59. The Morgan fingerprint density at radius 3 is 2.47 bits per heavy atom. The van der Waals surface area contributed by atoms with Gasteiger partial charge in [0.15, 0.2) is 0 Å². The van der Waals surface area contributed by atoms with E-state index in [0.717, 1.165) is 17.7 Å². The van der Waals surface area contributed by atoms with E-state index in [1.165, 1.54) is 10.6 Å². The Kier molecular flexibility index (Phi) is 5.37. The Morgan fingerprint density at radius 1 is 1.12 bits per heavy atom. The summed E-state index contributed by atoms with van der Waals surface area (Å²) in [5.41, 5.74) is 0.123. The van der Waals surface area contributed by atoms with E-state index in [0.29, 0.717) is 24.5 Å². The van der Waals surface area contributed by atoms with Crippen LogP contribution in [0.5, 0.6) is 0 Å². The van der Waals surface area contributed by atoms with Crippen molar-refractivity contribution in [3.63, 3.8) is 0 Å². The van der Waals surface area contributed by atoms with Crippen LogP contribution in [0.2, 0.25) is 0 Å². The first-order chi connectivity index (χ1) is 15.3. The highest BCUT2D eigenvalue weighted by atomic mass is 19.4. The van der Waals surface area contributed by atoms with Gasteiger partial charge in [0.05, 0.1) is 24.9 Å². The number of aliphatic hydroxyl groups is 1. The fourth-order valence-electron chi connectivity index (χ4n) is 4.94. The summed E-state index contributed by atoms with van der Waals surface area (Å²) in [6.45, 7) is 0.722. The van der Waals surface area contributed by atoms with Gasteiger partial charge in [-0.2, -0.15) is 18.2 Å². The fourth-order valence-corrected chi connectivity index (χ4v) is 4.94. The molecule has 0 aliphatic carbocycles. The minimum absolute atomic E-state index is 0.0464. The summed E-state index contributed by atoms with van der Waals surface area (Å²) in [5.74, 6) is 0.318. The highest BCUT2D eigenvalue weighted by Crippen LogP contribution is 2.36.